The van der Waals surface area contributed by atoms with Crippen molar-refractivity contribution < 1.29 is 4.79 Å². The van der Waals surface area contributed by atoms with Crippen molar-refractivity contribution >= 4 is 17.2 Å². The molecule has 1 aromatic rings. The number of likely N-dealkylation sites (tertiary alicyclic amines) is 1. The molecule has 0 bridgehead atoms. The second kappa shape index (κ2) is 5.41. The minimum Gasteiger partial charge on any atom is -0.338 e. The average Bonchev–Trinajstić information content (AvgIpc) is 3.05. The van der Waals surface area contributed by atoms with E-state index >= 15 is 0 Å². The zero-order chi connectivity index (χ0) is 12.4. The minimum atomic E-state index is 0.332. The van der Waals surface area contributed by atoms with Gasteiger partial charge in [-0.1, -0.05) is 0 Å². The Labute approximate surface area is 112 Å². The predicted octanol–water partition coefficient (Wildman–Crippen LogP) is 2.12. The van der Waals surface area contributed by atoms with Crippen LogP contribution in [0, 0.1) is 0 Å². The Morgan fingerprint density at radius 1 is 1.28 bits per heavy atom. The fraction of sp³-hybridized carbons (Fsp3) is 0.643. The van der Waals surface area contributed by atoms with Gasteiger partial charge in [-0.05, 0) is 49.4 Å². The van der Waals surface area contributed by atoms with Crippen molar-refractivity contribution in [3.8, 4) is 0 Å². The molecule has 2 aliphatic heterocycles. The van der Waals surface area contributed by atoms with E-state index in [0.29, 0.717) is 12.3 Å². The molecule has 1 saturated heterocycles. The summed E-state index contributed by atoms with van der Waals surface area (Å²) in [5.74, 6) is 0.332. The van der Waals surface area contributed by atoms with Crippen molar-refractivity contribution in [2.45, 2.75) is 32.2 Å². The van der Waals surface area contributed by atoms with Crippen molar-refractivity contribution in [2.75, 3.05) is 26.2 Å². The number of rotatable bonds is 3. The molecule has 0 aromatic carbocycles. The zero-order valence-electron chi connectivity index (χ0n) is 10.7. The molecular formula is C14H20N2OS. The molecule has 18 heavy (non-hydrogen) atoms. The van der Waals surface area contributed by atoms with Gasteiger partial charge in [0, 0.05) is 30.9 Å². The Morgan fingerprint density at radius 2 is 2.11 bits per heavy atom. The van der Waals surface area contributed by atoms with Gasteiger partial charge in [-0.2, -0.15) is 0 Å². The topological polar surface area (TPSA) is 23.6 Å². The lowest BCUT2D eigenvalue weighted by molar-refractivity contribution is -0.132. The fourth-order valence-electron chi connectivity index (χ4n) is 2.88. The summed E-state index contributed by atoms with van der Waals surface area (Å²) in [5, 5.41) is 2.14. The molecule has 1 fully saturated rings. The molecule has 2 aliphatic rings. The maximum atomic E-state index is 12.2. The molecule has 0 unspecified atom stereocenters. The molecule has 0 radical (unpaired) electrons. The predicted molar refractivity (Wildman–Crippen MR) is 73.7 cm³/mol. The van der Waals surface area contributed by atoms with Crippen LogP contribution in [0.1, 0.15) is 29.7 Å². The Hall–Kier alpha value is -0.870. The van der Waals surface area contributed by atoms with Crippen LogP contribution in [-0.2, 0) is 17.8 Å². The van der Waals surface area contributed by atoms with E-state index in [-0.39, 0.29) is 0 Å². The van der Waals surface area contributed by atoms with Crippen LogP contribution in [0.4, 0.5) is 0 Å². The lowest BCUT2D eigenvalue weighted by Gasteiger charge is -2.27. The van der Waals surface area contributed by atoms with Gasteiger partial charge in [-0.25, -0.2) is 0 Å². The number of hydrogen-bond acceptors (Lipinski definition) is 3. The zero-order valence-corrected chi connectivity index (χ0v) is 11.5. The first-order valence-corrected chi connectivity index (χ1v) is 7.76. The van der Waals surface area contributed by atoms with Crippen LogP contribution in [0.2, 0.25) is 0 Å². The average molecular weight is 264 g/mol. The van der Waals surface area contributed by atoms with E-state index in [2.05, 4.69) is 16.3 Å². The number of carbonyl (C=O) groups excluding carboxylic acids is 1. The molecule has 0 saturated carbocycles. The third-order valence-electron chi connectivity index (χ3n) is 4.00. The highest BCUT2D eigenvalue weighted by Gasteiger charge is 2.22. The molecular weight excluding hydrogens is 244 g/mol. The highest BCUT2D eigenvalue weighted by Crippen LogP contribution is 2.24. The van der Waals surface area contributed by atoms with E-state index in [4.69, 9.17) is 0 Å². The standard InChI is InChI=1S/C14H20N2OS/c17-14(4-8-15-6-1-2-7-15)16-9-3-13-12(11-16)5-10-18-13/h5,10H,1-4,6-9,11H2. The van der Waals surface area contributed by atoms with Crippen LogP contribution in [0.15, 0.2) is 11.4 Å². The Bertz CT molecular complexity index is 423. The van der Waals surface area contributed by atoms with Crippen molar-refractivity contribution in [3.05, 3.63) is 21.9 Å². The first-order valence-electron chi connectivity index (χ1n) is 6.88. The monoisotopic (exact) mass is 264 g/mol. The van der Waals surface area contributed by atoms with Gasteiger partial charge in [0.25, 0.3) is 0 Å². The fourth-order valence-corrected chi connectivity index (χ4v) is 3.77. The number of hydrogen-bond donors (Lipinski definition) is 0. The van der Waals surface area contributed by atoms with Crippen LogP contribution in [-0.4, -0.2) is 41.9 Å². The van der Waals surface area contributed by atoms with Gasteiger partial charge in [-0.3, -0.25) is 4.79 Å². The summed E-state index contributed by atoms with van der Waals surface area (Å²) in [6, 6.07) is 2.17. The Kier molecular flexibility index (Phi) is 3.66. The van der Waals surface area contributed by atoms with Gasteiger partial charge in [0.1, 0.15) is 0 Å². The second-order valence-electron chi connectivity index (χ2n) is 5.23. The minimum absolute atomic E-state index is 0.332. The molecule has 0 N–H and O–H groups in total. The smallest absolute Gasteiger partial charge is 0.224 e. The highest BCUT2D eigenvalue weighted by atomic mass is 32.1. The number of thiophene rings is 1. The van der Waals surface area contributed by atoms with Crippen LogP contribution in [0.25, 0.3) is 0 Å². The molecule has 0 spiro atoms. The quantitative estimate of drug-likeness (QED) is 0.835. The number of amides is 1. The van der Waals surface area contributed by atoms with Crippen molar-refractivity contribution in [1.29, 1.82) is 0 Å². The van der Waals surface area contributed by atoms with E-state index in [9.17, 15) is 4.79 Å². The van der Waals surface area contributed by atoms with Gasteiger partial charge in [-0.15, -0.1) is 11.3 Å². The third kappa shape index (κ3) is 2.59. The van der Waals surface area contributed by atoms with Crippen LogP contribution >= 0.6 is 11.3 Å². The summed E-state index contributed by atoms with van der Waals surface area (Å²) in [5.41, 5.74) is 1.36. The van der Waals surface area contributed by atoms with Gasteiger partial charge >= 0.3 is 0 Å². The summed E-state index contributed by atoms with van der Waals surface area (Å²) >= 11 is 1.83. The summed E-state index contributed by atoms with van der Waals surface area (Å²) in [4.78, 5) is 18.1. The normalized spacial score (nSPS) is 20.1. The van der Waals surface area contributed by atoms with E-state index in [0.717, 1.165) is 26.1 Å². The van der Waals surface area contributed by atoms with E-state index in [1.54, 1.807) is 0 Å². The SMILES string of the molecule is O=C(CCN1CCCC1)N1CCc2sccc2C1. The van der Waals surface area contributed by atoms with Crippen molar-refractivity contribution in [1.82, 2.24) is 9.80 Å². The molecule has 3 rings (SSSR count). The molecule has 1 amide bonds. The molecule has 3 nitrogen and oxygen atoms in total. The third-order valence-corrected chi connectivity index (χ3v) is 5.02. The number of nitrogens with zero attached hydrogens (tertiary/aromatic N) is 2. The number of carbonyl (C=O) groups is 1. The molecule has 0 aliphatic carbocycles. The largest absolute Gasteiger partial charge is 0.338 e. The maximum Gasteiger partial charge on any atom is 0.224 e. The molecule has 0 atom stereocenters. The van der Waals surface area contributed by atoms with Gasteiger partial charge in [0.15, 0.2) is 0 Å². The Balaban J connectivity index is 1.51. The van der Waals surface area contributed by atoms with Crippen LogP contribution in [0.5, 0.6) is 0 Å². The summed E-state index contributed by atoms with van der Waals surface area (Å²) in [6.07, 6.45) is 4.34. The summed E-state index contributed by atoms with van der Waals surface area (Å²) < 4.78 is 0. The van der Waals surface area contributed by atoms with Gasteiger partial charge in [0.05, 0.1) is 0 Å². The van der Waals surface area contributed by atoms with E-state index < -0.39 is 0 Å². The summed E-state index contributed by atoms with van der Waals surface area (Å²) in [6.45, 7) is 5.06. The lowest BCUT2D eigenvalue weighted by atomic mass is 10.1. The molecule has 4 heteroatoms. The van der Waals surface area contributed by atoms with Gasteiger partial charge < -0.3 is 9.80 Å². The van der Waals surface area contributed by atoms with Crippen molar-refractivity contribution in [2.24, 2.45) is 0 Å². The molecule has 98 valence electrons. The maximum absolute atomic E-state index is 12.2. The number of fused-ring (bicyclic) bond motifs is 1. The summed E-state index contributed by atoms with van der Waals surface area (Å²) in [7, 11) is 0. The van der Waals surface area contributed by atoms with E-state index in [1.807, 2.05) is 16.2 Å². The van der Waals surface area contributed by atoms with Crippen molar-refractivity contribution in [3.63, 3.8) is 0 Å². The van der Waals surface area contributed by atoms with Crippen LogP contribution < -0.4 is 0 Å². The van der Waals surface area contributed by atoms with Crippen LogP contribution in [0.3, 0.4) is 0 Å². The first kappa shape index (κ1) is 12.2. The molecule has 3 heterocycles. The molecule has 1 aromatic heterocycles. The van der Waals surface area contributed by atoms with E-state index in [1.165, 1.54) is 36.4 Å². The van der Waals surface area contributed by atoms with Gasteiger partial charge in [0.2, 0.25) is 5.91 Å². The Morgan fingerprint density at radius 3 is 2.94 bits per heavy atom. The second-order valence-corrected chi connectivity index (χ2v) is 6.23. The lowest BCUT2D eigenvalue weighted by Crippen LogP contribution is -2.37. The first-order chi connectivity index (χ1) is 8.83. The highest BCUT2D eigenvalue weighted by molar-refractivity contribution is 7.10.